The number of para-hydroxylation sites is 1. The fourth-order valence-corrected chi connectivity index (χ4v) is 7.23. The Balaban J connectivity index is 1.89. The van der Waals surface area contributed by atoms with E-state index in [0.717, 1.165) is 47.9 Å². The van der Waals surface area contributed by atoms with Crippen LogP contribution in [0.2, 0.25) is 0 Å². The maximum absolute atomic E-state index is 13.9. The van der Waals surface area contributed by atoms with Gasteiger partial charge in [0.15, 0.2) is 0 Å². The molecule has 1 fully saturated rings. The summed E-state index contributed by atoms with van der Waals surface area (Å²) in [7, 11) is 1.29. The summed E-state index contributed by atoms with van der Waals surface area (Å²) < 4.78 is 5.67. The molecule has 244 valence electrons. The molecule has 1 saturated heterocycles. The number of ether oxygens (including phenoxy) is 1. The van der Waals surface area contributed by atoms with E-state index in [9.17, 15) is 19.2 Å². The first kappa shape index (κ1) is 35.7. The number of aromatic nitrogens is 1. The molecule has 3 rings (SSSR count). The third kappa shape index (κ3) is 9.63. The molecule has 0 radical (unpaired) electrons. The second kappa shape index (κ2) is 17.1. The molecule has 44 heavy (non-hydrogen) atoms. The number of thioether (sulfide) groups is 1. The van der Waals surface area contributed by atoms with Crippen LogP contribution in [0.15, 0.2) is 28.9 Å². The number of piperidine rings is 1. The zero-order valence-corrected chi connectivity index (χ0v) is 29.1. The Morgan fingerprint density at radius 2 is 1.66 bits per heavy atom. The minimum Gasteiger partial charge on any atom is -0.467 e. The monoisotopic (exact) mass is 693 g/mol. The molecule has 0 spiro atoms. The van der Waals surface area contributed by atoms with Gasteiger partial charge in [0.25, 0.3) is 0 Å². The van der Waals surface area contributed by atoms with Crippen molar-refractivity contribution in [3.63, 3.8) is 0 Å². The fraction of sp³-hybridized carbons (Fsp3) is 0.625. The van der Waals surface area contributed by atoms with Crippen LogP contribution < -0.4 is 16.0 Å². The lowest BCUT2D eigenvalue weighted by atomic mass is 9.97. The third-order valence-corrected chi connectivity index (χ3v) is 9.93. The summed E-state index contributed by atoms with van der Waals surface area (Å²) in [6.07, 6.45) is 4.37. The molecule has 10 nitrogen and oxygen atoms in total. The van der Waals surface area contributed by atoms with Gasteiger partial charge in [0.2, 0.25) is 11.8 Å². The molecule has 2 aromatic rings. The Morgan fingerprint density at radius 3 is 2.30 bits per heavy atom. The second-order valence-corrected chi connectivity index (χ2v) is 14.0. The number of rotatable bonds is 14. The molecule has 0 bridgehead atoms. The number of likely N-dealkylation sites (tertiary alicyclic amines) is 1. The molecular formula is C32H48BrN5O5S. The van der Waals surface area contributed by atoms with E-state index in [-0.39, 0.29) is 30.5 Å². The molecule has 0 unspecified atom stereocenters. The SMILES string of the molecule is CCCSC[C@@H](NC(=O)[C@@H](Cc1c(Br)[nH]c2ccccc12)NC(=O)[C@H](CC(C)C)NC(=O)N1[C@H](C)CCC[C@@H]1C)C(=O)OC. The summed E-state index contributed by atoms with van der Waals surface area (Å²) in [6.45, 7) is 10.1. The van der Waals surface area contributed by atoms with Crippen molar-refractivity contribution in [3.8, 4) is 0 Å². The average Bonchev–Trinajstić information content (AvgIpc) is 3.29. The number of esters is 1. The van der Waals surface area contributed by atoms with Crippen molar-refractivity contribution in [2.75, 3.05) is 18.6 Å². The van der Waals surface area contributed by atoms with Crippen molar-refractivity contribution in [1.82, 2.24) is 25.8 Å². The summed E-state index contributed by atoms with van der Waals surface area (Å²) in [4.78, 5) is 58.9. The van der Waals surface area contributed by atoms with Crippen LogP contribution in [0.3, 0.4) is 0 Å². The van der Waals surface area contributed by atoms with Crippen molar-refractivity contribution >= 4 is 62.4 Å². The normalized spacial score (nSPS) is 18.9. The molecule has 5 atom stereocenters. The van der Waals surface area contributed by atoms with Gasteiger partial charge in [0, 0.05) is 35.2 Å². The van der Waals surface area contributed by atoms with Crippen LogP contribution in [0.25, 0.3) is 10.9 Å². The summed E-state index contributed by atoms with van der Waals surface area (Å²) in [5, 5.41) is 9.65. The van der Waals surface area contributed by atoms with Gasteiger partial charge in [-0.3, -0.25) is 9.59 Å². The van der Waals surface area contributed by atoms with Gasteiger partial charge < -0.3 is 30.6 Å². The Labute approximate surface area is 273 Å². The van der Waals surface area contributed by atoms with Gasteiger partial charge in [-0.25, -0.2) is 9.59 Å². The zero-order valence-electron chi connectivity index (χ0n) is 26.7. The standard InChI is InChI=1S/C32H48BrN5O5S/c1-7-15-44-18-27(31(41)43-6)36-30(40)26(17-23-22-13-8-9-14-24(22)34-28(23)33)35-29(39)25(16-19(2)3)37-32(42)38-20(4)11-10-12-21(38)5/h8-9,13-14,19-21,25-27,34H,7,10-12,15-18H2,1-6H3,(H,35,39)(H,36,40)(H,37,42)/t20-,21+,25-,26+,27+/m0/s1. The summed E-state index contributed by atoms with van der Waals surface area (Å²) in [5.41, 5.74) is 1.70. The highest BCUT2D eigenvalue weighted by Gasteiger charge is 2.34. The van der Waals surface area contributed by atoms with Gasteiger partial charge in [0.05, 0.1) is 11.7 Å². The largest absolute Gasteiger partial charge is 0.467 e. The number of amides is 4. The molecule has 1 aromatic heterocycles. The highest BCUT2D eigenvalue weighted by molar-refractivity contribution is 9.10. The first-order chi connectivity index (χ1) is 21.0. The molecular weight excluding hydrogens is 646 g/mol. The quantitative estimate of drug-likeness (QED) is 0.160. The molecule has 1 aromatic carbocycles. The minimum atomic E-state index is -1.03. The number of carbonyl (C=O) groups is 4. The molecule has 0 saturated carbocycles. The van der Waals surface area contributed by atoms with E-state index in [2.05, 4.69) is 36.9 Å². The number of H-pyrrole nitrogens is 1. The third-order valence-electron chi connectivity index (χ3n) is 7.99. The van der Waals surface area contributed by atoms with Crippen LogP contribution in [0.5, 0.6) is 0 Å². The summed E-state index contributed by atoms with van der Waals surface area (Å²) in [5.74, 6) is -0.212. The number of nitrogens with one attached hydrogen (secondary N) is 4. The predicted octanol–water partition coefficient (Wildman–Crippen LogP) is 5.15. The lowest BCUT2D eigenvalue weighted by Crippen LogP contribution is -2.59. The fourth-order valence-electron chi connectivity index (χ4n) is 5.73. The highest BCUT2D eigenvalue weighted by atomic mass is 79.9. The first-order valence-electron chi connectivity index (χ1n) is 15.6. The van der Waals surface area contributed by atoms with Crippen molar-refractivity contribution in [2.24, 2.45) is 5.92 Å². The predicted molar refractivity (Wildman–Crippen MR) is 180 cm³/mol. The van der Waals surface area contributed by atoms with Crippen molar-refractivity contribution in [2.45, 2.75) is 103 Å². The number of halogens is 1. The number of hydrogen-bond donors (Lipinski definition) is 4. The number of urea groups is 1. The Hall–Kier alpha value is -2.73. The average molecular weight is 695 g/mol. The molecule has 12 heteroatoms. The van der Waals surface area contributed by atoms with Gasteiger partial charge in [0.1, 0.15) is 18.1 Å². The molecule has 0 aliphatic carbocycles. The maximum Gasteiger partial charge on any atom is 0.329 e. The molecule has 1 aliphatic heterocycles. The van der Waals surface area contributed by atoms with E-state index in [0.29, 0.717) is 16.8 Å². The Morgan fingerprint density at radius 1 is 1.02 bits per heavy atom. The Kier molecular flexibility index (Phi) is 13.9. The maximum atomic E-state index is 13.9. The van der Waals surface area contributed by atoms with Crippen LogP contribution >= 0.6 is 27.7 Å². The zero-order chi connectivity index (χ0) is 32.4. The molecule has 4 amide bonds. The highest BCUT2D eigenvalue weighted by Crippen LogP contribution is 2.28. The number of hydrogen-bond acceptors (Lipinski definition) is 6. The lowest BCUT2D eigenvalue weighted by Gasteiger charge is -2.39. The van der Waals surface area contributed by atoms with E-state index in [4.69, 9.17) is 4.74 Å². The topological polar surface area (TPSA) is 133 Å². The van der Waals surface area contributed by atoms with E-state index in [1.165, 1.54) is 7.11 Å². The van der Waals surface area contributed by atoms with E-state index in [1.807, 2.05) is 63.8 Å². The number of methoxy groups -OCH3 is 1. The van der Waals surface area contributed by atoms with Gasteiger partial charge >= 0.3 is 12.0 Å². The molecule has 4 N–H and O–H groups in total. The lowest BCUT2D eigenvalue weighted by molar-refractivity contribution is -0.144. The van der Waals surface area contributed by atoms with Gasteiger partial charge in [-0.05, 0) is 85.2 Å². The van der Waals surface area contributed by atoms with Crippen LogP contribution in [-0.4, -0.2) is 82.5 Å². The molecule has 2 heterocycles. The van der Waals surface area contributed by atoms with Crippen molar-refractivity contribution in [1.29, 1.82) is 0 Å². The number of carbonyl (C=O) groups excluding carboxylic acids is 4. The number of aromatic amines is 1. The van der Waals surface area contributed by atoms with Crippen molar-refractivity contribution in [3.05, 3.63) is 34.4 Å². The van der Waals surface area contributed by atoms with Gasteiger partial charge in [-0.1, -0.05) is 39.0 Å². The van der Waals surface area contributed by atoms with E-state index >= 15 is 0 Å². The van der Waals surface area contributed by atoms with Crippen LogP contribution in [0, 0.1) is 5.92 Å². The van der Waals surface area contributed by atoms with Crippen molar-refractivity contribution < 1.29 is 23.9 Å². The first-order valence-corrected chi connectivity index (χ1v) is 17.5. The number of nitrogens with zero attached hydrogens (tertiary/aromatic N) is 1. The summed E-state index contributed by atoms with van der Waals surface area (Å²) in [6, 6.07) is 4.83. The smallest absolute Gasteiger partial charge is 0.329 e. The summed E-state index contributed by atoms with van der Waals surface area (Å²) >= 11 is 5.14. The minimum absolute atomic E-state index is 0.0695. The van der Waals surface area contributed by atoms with Gasteiger partial charge in [-0.2, -0.15) is 11.8 Å². The Bertz CT molecular complexity index is 1280. The van der Waals surface area contributed by atoms with E-state index < -0.39 is 35.9 Å². The number of benzene rings is 1. The number of fused-ring (bicyclic) bond motifs is 1. The van der Waals surface area contributed by atoms with E-state index in [1.54, 1.807) is 11.8 Å². The second-order valence-electron chi connectivity index (χ2n) is 12.1. The molecule has 1 aliphatic rings. The van der Waals surface area contributed by atoms with Crippen LogP contribution in [0.4, 0.5) is 4.79 Å². The van der Waals surface area contributed by atoms with Gasteiger partial charge in [-0.15, -0.1) is 0 Å². The van der Waals surface area contributed by atoms with Crippen LogP contribution in [-0.2, 0) is 25.5 Å². The van der Waals surface area contributed by atoms with Crippen LogP contribution in [0.1, 0.15) is 72.3 Å².